The van der Waals surface area contributed by atoms with Gasteiger partial charge in [0.2, 0.25) is 23.6 Å². The van der Waals surface area contributed by atoms with E-state index in [1.807, 2.05) is 37.3 Å². The minimum absolute atomic E-state index is 0.00575. The summed E-state index contributed by atoms with van der Waals surface area (Å²) in [7, 11) is 4.49. The average Bonchev–Trinajstić information content (AvgIpc) is 3.62. The molecule has 1 aromatic heterocycles. The van der Waals surface area contributed by atoms with Gasteiger partial charge in [0.05, 0.1) is 23.9 Å². The number of methoxy groups -OCH3 is 1. The zero-order valence-electron chi connectivity index (χ0n) is 26.8. The zero-order chi connectivity index (χ0) is 33.6. The molecule has 246 valence electrons. The second kappa shape index (κ2) is 13.0. The predicted octanol–water partition coefficient (Wildman–Crippen LogP) is 4.52. The number of benzene rings is 2. The van der Waals surface area contributed by atoms with Gasteiger partial charge < -0.3 is 25.4 Å². The van der Waals surface area contributed by atoms with Gasteiger partial charge in [-0.2, -0.15) is 0 Å². The molecule has 4 unspecified atom stereocenters. The lowest BCUT2D eigenvalue weighted by Gasteiger charge is -2.33. The van der Waals surface area contributed by atoms with Gasteiger partial charge in [0.15, 0.2) is 0 Å². The van der Waals surface area contributed by atoms with Crippen LogP contribution in [0.1, 0.15) is 48.3 Å². The first-order valence-corrected chi connectivity index (χ1v) is 16.1. The SMILES string of the molecule is COc1nc(-c2cccc(-c3cccc(NC(=O)C4CN(C)C(=O)N(C)C4=O)c3C)c2Cl)cc2c1C(CCC1CCC(=O)N1)C(O)C2. The Labute approximate surface area is 278 Å². The van der Waals surface area contributed by atoms with Crippen LogP contribution < -0.4 is 15.4 Å². The number of amides is 5. The van der Waals surface area contributed by atoms with Gasteiger partial charge in [-0.05, 0) is 61.4 Å². The molecule has 3 heterocycles. The maximum atomic E-state index is 13.2. The number of aliphatic hydroxyl groups excluding tert-OH is 1. The molecular weight excluding hydrogens is 622 g/mol. The number of anilines is 1. The molecule has 3 N–H and O–H groups in total. The summed E-state index contributed by atoms with van der Waals surface area (Å²) in [5.74, 6) is -1.69. The summed E-state index contributed by atoms with van der Waals surface area (Å²) in [6, 6.07) is 12.8. The maximum Gasteiger partial charge on any atom is 0.326 e. The quantitative estimate of drug-likeness (QED) is 0.302. The number of fused-ring (bicyclic) bond motifs is 1. The Morgan fingerprint density at radius 1 is 1.11 bits per heavy atom. The smallest absolute Gasteiger partial charge is 0.326 e. The summed E-state index contributed by atoms with van der Waals surface area (Å²) >= 11 is 7.09. The van der Waals surface area contributed by atoms with E-state index in [-0.39, 0.29) is 24.4 Å². The molecule has 3 aliphatic rings. The number of urea groups is 1. The molecule has 11 nitrogen and oxygen atoms in total. The second-order valence-corrected chi connectivity index (χ2v) is 13.0. The van der Waals surface area contributed by atoms with Gasteiger partial charge in [0.25, 0.3) is 0 Å². The van der Waals surface area contributed by atoms with Crippen LogP contribution in [0.4, 0.5) is 10.5 Å². The van der Waals surface area contributed by atoms with Gasteiger partial charge >= 0.3 is 6.03 Å². The molecule has 2 saturated heterocycles. The number of nitrogens with zero attached hydrogens (tertiary/aromatic N) is 3. The summed E-state index contributed by atoms with van der Waals surface area (Å²) < 4.78 is 5.77. The summed E-state index contributed by atoms with van der Waals surface area (Å²) in [5.41, 5.74) is 5.96. The van der Waals surface area contributed by atoms with E-state index < -0.39 is 29.9 Å². The third kappa shape index (κ3) is 6.05. The highest BCUT2D eigenvalue weighted by molar-refractivity contribution is 6.36. The summed E-state index contributed by atoms with van der Waals surface area (Å²) in [4.78, 5) is 56.9. The second-order valence-electron chi connectivity index (χ2n) is 12.6. The number of hydrogen-bond acceptors (Lipinski definition) is 7. The standard InChI is InChI=1S/C35H38ClN5O6/c1-18-21(7-6-10-26(18)38-32(44)25-17-40(2)35(46)41(3)34(25)45)22-8-5-9-23(31(22)36)27-15-19-16-28(42)24(30(19)33(39-27)47-4)13-11-20-12-14-29(43)37-20/h5-10,15,20,24-25,28,42H,11-14,16-17H2,1-4H3,(H,37,43)(H,38,44). The number of halogens is 1. The first-order valence-electron chi connectivity index (χ1n) is 15.8. The Morgan fingerprint density at radius 2 is 1.83 bits per heavy atom. The molecule has 2 aromatic carbocycles. The van der Waals surface area contributed by atoms with E-state index in [4.69, 9.17) is 21.3 Å². The van der Waals surface area contributed by atoms with Gasteiger partial charge in [-0.25, -0.2) is 9.78 Å². The van der Waals surface area contributed by atoms with E-state index in [2.05, 4.69) is 10.6 Å². The van der Waals surface area contributed by atoms with E-state index >= 15 is 0 Å². The number of ether oxygens (including phenoxy) is 1. The number of hydrogen-bond donors (Lipinski definition) is 3. The molecule has 12 heteroatoms. The molecule has 6 rings (SSSR count). The third-order valence-electron chi connectivity index (χ3n) is 9.65. The van der Waals surface area contributed by atoms with Gasteiger partial charge in [-0.15, -0.1) is 0 Å². The fourth-order valence-corrected chi connectivity index (χ4v) is 7.37. The number of imide groups is 1. The molecule has 3 aromatic rings. The molecule has 0 radical (unpaired) electrons. The Balaban J connectivity index is 1.27. The van der Waals surface area contributed by atoms with E-state index in [1.54, 1.807) is 26.3 Å². The van der Waals surface area contributed by atoms with Crippen molar-refractivity contribution < 1.29 is 29.0 Å². The van der Waals surface area contributed by atoms with Crippen LogP contribution >= 0.6 is 11.6 Å². The molecule has 0 bridgehead atoms. The zero-order valence-corrected chi connectivity index (χ0v) is 27.6. The minimum atomic E-state index is -1.03. The molecule has 5 amide bonds. The third-order valence-corrected chi connectivity index (χ3v) is 10.1. The molecule has 4 atom stereocenters. The fourth-order valence-electron chi connectivity index (χ4n) is 7.04. The van der Waals surface area contributed by atoms with E-state index in [9.17, 15) is 24.3 Å². The molecule has 0 spiro atoms. The Kier molecular flexibility index (Phi) is 8.95. The number of carbonyl (C=O) groups excluding carboxylic acids is 4. The van der Waals surface area contributed by atoms with Gasteiger partial charge in [-0.3, -0.25) is 19.3 Å². The average molecular weight is 660 g/mol. The van der Waals surface area contributed by atoms with E-state index in [1.165, 1.54) is 11.9 Å². The van der Waals surface area contributed by atoms with Crippen LogP contribution in [0.25, 0.3) is 22.4 Å². The lowest BCUT2D eigenvalue weighted by atomic mass is 9.92. The Bertz CT molecular complexity index is 1780. The number of carbonyl (C=O) groups is 4. The predicted molar refractivity (Wildman–Crippen MR) is 177 cm³/mol. The van der Waals surface area contributed by atoms with Crippen molar-refractivity contribution in [1.82, 2.24) is 20.1 Å². The van der Waals surface area contributed by atoms with Crippen LogP contribution in [0.2, 0.25) is 5.02 Å². The normalized spacial score (nSPS) is 22.4. The van der Waals surface area contributed by atoms with Crippen LogP contribution in [0.15, 0.2) is 42.5 Å². The lowest BCUT2D eigenvalue weighted by Crippen LogP contribution is -2.56. The highest BCUT2D eigenvalue weighted by atomic mass is 35.5. The summed E-state index contributed by atoms with van der Waals surface area (Å²) in [5, 5.41) is 17.4. The van der Waals surface area contributed by atoms with Crippen LogP contribution in [0.5, 0.6) is 5.88 Å². The molecule has 0 saturated carbocycles. The van der Waals surface area contributed by atoms with Crippen molar-refractivity contribution in [1.29, 1.82) is 0 Å². The van der Waals surface area contributed by atoms with Crippen LogP contribution in [0.3, 0.4) is 0 Å². The van der Waals surface area contributed by atoms with Crippen LogP contribution in [-0.2, 0) is 20.8 Å². The van der Waals surface area contributed by atoms with Crippen molar-refractivity contribution in [2.24, 2.45) is 5.92 Å². The van der Waals surface area contributed by atoms with Crippen LogP contribution in [0, 0.1) is 12.8 Å². The fraction of sp³-hybridized carbons (Fsp3) is 0.400. The van der Waals surface area contributed by atoms with Crippen molar-refractivity contribution in [3.05, 3.63) is 64.2 Å². The summed E-state index contributed by atoms with van der Waals surface area (Å²) in [6.45, 7) is 1.86. The monoisotopic (exact) mass is 659 g/mol. The summed E-state index contributed by atoms with van der Waals surface area (Å²) in [6.07, 6.45) is 2.71. The van der Waals surface area contributed by atoms with Crippen molar-refractivity contribution in [3.8, 4) is 28.3 Å². The van der Waals surface area contributed by atoms with Gasteiger partial charge in [0, 0.05) is 61.4 Å². The number of nitrogens with one attached hydrogen (secondary N) is 2. The van der Waals surface area contributed by atoms with Gasteiger partial charge in [-0.1, -0.05) is 41.9 Å². The van der Waals surface area contributed by atoms with Crippen molar-refractivity contribution in [2.75, 3.05) is 33.1 Å². The van der Waals surface area contributed by atoms with Crippen molar-refractivity contribution >= 4 is 41.0 Å². The van der Waals surface area contributed by atoms with E-state index in [0.717, 1.165) is 45.6 Å². The first-order chi connectivity index (χ1) is 22.5. The lowest BCUT2D eigenvalue weighted by molar-refractivity contribution is -0.140. The van der Waals surface area contributed by atoms with Crippen molar-refractivity contribution in [2.45, 2.75) is 57.1 Å². The van der Waals surface area contributed by atoms with E-state index in [0.29, 0.717) is 47.1 Å². The largest absolute Gasteiger partial charge is 0.481 e. The Morgan fingerprint density at radius 3 is 2.55 bits per heavy atom. The Hall–Kier alpha value is -4.48. The topological polar surface area (TPSA) is 141 Å². The van der Waals surface area contributed by atoms with Crippen molar-refractivity contribution in [3.63, 3.8) is 0 Å². The number of aliphatic hydroxyl groups is 1. The highest BCUT2D eigenvalue weighted by Crippen LogP contribution is 2.45. The maximum absolute atomic E-state index is 13.2. The molecule has 47 heavy (non-hydrogen) atoms. The highest BCUT2D eigenvalue weighted by Gasteiger charge is 2.40. The van der Waals surface area contributed by atoms with Crippen LogP contribution in [-0.4, -0.2) is 83.5 Å². The molecule has 2 fully saturated rings. The molecule has 2 aliphatic heterocycles. The number of aromatic nitrogens is 1. The molecule has 1 aliphatic carbocycles. The van der Waals surface area contributed by atoms with Gasteiger partial charge in [0.1, 0.15) is 5.92 Å². The molecular formula is C35H38ClN5O6. The minimum Gasteiger partial charge on any atom is -0.481 e. The first kappa shape index (κ1) is 32.5. The number of rotatable bonds is 8. The number of pyridine rings is 1.